The highest BCUT2D eigenvalue weighted by Crippen LogP contribution is 2.22. The van der Waals surface area contributed by atoms with E-state index in [0.717, 1.165) is 22.8 Å². The number of carbonyl (C=O) groups excluding carboxylic acids is 2. The third-order valence-corrected chi connectivity index (χ3v) is 6.12. The van der Waals surface area contributed by atoms with Crippen molar-refractivity contribution in [2.45, 2.75) is 19.0 Å². The standard InChI is InChI=1S/C23H21ClN6O2S/c1-15-11-20(16(2)30(15)18-8-4-3-5-9-18)22(32)27-26-21(31)13-33-23-28-25-14-29(23)19-10-6-7-17(24)12-19/h3-12,14H,13H2,1-2H3,(H,26,31)(H,27,32). The number of hydrogen-bond donors (Lipinski definition) is 2. The molecule has 0 saturated carbocycles. The molecular weight excluding hydrogens is 460 g/mol. The zero-order valence-electron chi connectivity index (χ0n) is 17.9. The van der Waals surface area contributed by atoms with Crippen LogP contribution in [0.15, 0.2) is 72.1 Å². The topological polar surface area (TPSA) is 93.8 Å². The van der Waals surface area contributed by atoms with Gasteiger partial charge in [0, 0.05) is 22.1 Å². The molecule has 8 nitrogen and oxygen atoms in total. The third kappa shape index (κ3) is 5.10. The predicted octanol–water partition coefficient (Wildman–Crippen LogP) is 3.88. The number of nitrogens with zero attached hydrogens (tertiary/aromatic N) is 4. The molecule has 4 aromatic rings. The lowest BCUT2D eigenvalue weighted by Gasteiger charge is -2.10. The van der Waals surface area contributed by atoms with E-state index in [1.807, 2.05) is 60.9 Å². The van der Waals surface area contributed by atoms with E-state index >= 15 is 0 Å². The number of carbonyl (C=O) groups is 2. The second kappa shape index (κ2) is 9.93. The number of para-hydroxylation sites is 1. The molecule has 0 bridgehead atoms. The second-order valence-corrected chi connectivity index (χ2v) is 8.59. The van der Waals surface area contributed by atoms with E-state index in [9.17, 15) is 9.59 Å². The van der Waals surface area contributed by atoms with Crippen LogP contribution in [0.4, 0.5) is 0 Å². The van der Waals surface area contributed by atoms with Crippen molar-refractivity contribution in [1.82, 2.24) is 30.2 Å². The molecule has 0 aliphatic heterocycles. The van der Waals surface area contributed by atoms with Gasteiger partial charge in [-0.15, -0.1) is 10.2 Å². The van der Waals surface area contributed by atoms with Crippen LogP contribution in [0.2, 0.25) is 5.02 Å². The van der Waals surface area contributed by atoms with Gasteiger partial charge >= 0.3 is 0 Å². The lowest BCUT2D eigenvalue weighted by Crippen LogP contribution is -2.42. The maximum Gasteiger partial charge on any atom is 0.271 e. The van der Waals surface area contributed by atoms with Crippen molar-refractivity contribution in [1.29, 1.82) is 0 Å². The highest BCUT2D eigenvalue weighted by atomic mass is 35.5. The molecular formula is C23H21ClN6O2S. The van der Waals surface area contributed by atoms with E-state index < -0.39 is 0 Å². The van der Waals surface area contributed by atoms with E-state index in [4.69, 9.17) is 11.6 Å². The Kier molecular flexibility index (Phi) is 6.81. The average molecular weight is 481 g/mol. The van der Waals surface area contributed by atoms with Crippen molar-refractivity contribution in [3.63, 3.8) is 0 Å². The molecule has 0 saturated heterocycles. The molecule has 2 heterocycles. The van der Waals surface area contributed by atoms with Gasteiger partial charge in [0.25, 0.3) is 5.91 Å². The summed E-state index contributed by atoms with van der Waals surface area (Å²) in [6, 6.07) is 18.8. The van der Waals surface area contributed by atoms with Gasteiger partial charge in [0.2, 0.25) is 5.91 Å². The Labute approximate surface area is 199 Å². The quantitative estimate of drug-likeness (QED) is 0.322. The normalized spacial score (nSPS) is 10.8. The molecule has 0 spiro atoms. The first-order chi connectivity index (χ1) is 15.9. The summed E-state index contributed by atoms with van der Waals surface area (Å²) in [7, 11) is 0. The fourth-order valence-electron chi connectivity index (χ4n) is 3.45. The zero-order valence-corrected chi connectivity index (χ0v) is 19.5. The second-order valence-electron chi connectivity index (χ2n) is 7.21. The van der Waals surface area contributed by atoms with Crippen LogP contribution in [0.3, 0.4) is 0 Å². The smallest absolute Gasteiger partial charge is 0.271 e. The number of rotatable bonds is 6. The molecule has 10 heteroatoms. The Morgan fingerprint density at radius 3 is 2.52 bits per heavy atom. The number of aromatic nitrogens is 4. The van der Waals surface area contributed by atoms with Crippen molar-refractivity contribution in [2.75, 3.05) is 5.75 Å². The molecule has 33 heavy (non-hydrogen) atoms. The van der Waals surface area contributed by atoms with Gasteiger partial charge in [-0.3, -0.25) is 25.0 Å². The third-order valence-electron chi connectivity index (χ3n) is 4.94. The van der Waals surface area contributed by atoms with Gasteiger partial charge in [-0.25, -0.2) is 0 Å². The van der Waals surface area contributed by atoms with Gasteiger partial charge < -0.3 is 4.57 Å². The van der Waals surface area contributed by atoms with Crippen molar-refractivity contribution in [3.8, 4) is 11.4 Å². The zero-order chi connectivity index (χ0) is 23.4. The van der Waals surface area contributed by atoms with Crippen molar-refractivity contribution >= 4 is 35.2 Å². The number of hydrazine groups is 1. The van der Waals surface area contributed by atoms with Crippen LogP contribution < -0.4 is 10.9 Å². The van der Waals surface area contributed by atoms with Crippen LogP contribution in [0.25, 0.3) is 11.4 Å². The van der Waals surface area contributed by atoms with Crippen LogP contribution in [0, 0.1) is 13.8 Å². The summed E-state index contributed by atoms with van der Waals surface area (Å²) >= 11 is 7.25. The van der Waals surface area contributed by atoms with Gasteiger partial charge in [0.15, 0.2) is 5.16 Å². The molecule has 4 rings (SSSR count). The summed E-state index contributed by atoms with van der Waals surface area (Å²) in [5.74, 6) is -0.709. The lowest BCUT2D eigenvalue weighted by atomic mass is 10.2. The van der Waals surface area contributed by atoms with Crippen molar-refractivity contribution in [3.05, 3.63) is 89.0 Å². The molecule has 0 aliphatic rings. The minimum atomic E-state index is -0.384. The first kappa shape index (κ1) is 22.6. The average Bonchev–Trinajstić information content (AvgIpc) is 3.40. The number of amides is 2. The number of halogens is 1. The fraction of sp³-hybridized carbons (Fsp3) is 0.130. The van der Waals surface area contributed by atoms with Crippen molar-refractivity contribution < 1.29 is 9.59 Å². The van der Waals surface area contributed by atoms with E-state index in [2.05, 4.69) is 21.0 Å². The molecule has 2 aromatic heterocycles. The molecule has 0 aliphatic carbocycles. The summed E-state index contributed by atoms with van der Waals surface area (Å²) in [6.07, 6.45) is 1.55. The Bertz CT molecular complexity index is 1300. The fourth-order valence-corrected chi connectivity index (χ4v) is 4.37. The molecule has 2 aromatic carbocycles. The molecule has 0 atom stereocenters. The van der Waals surface area contributed by atoms with E-state index in [0.29, 0.717) is 15.7 Å². The summed E-state index contributed by atoms with van der Waals surface area (Å²) < 4.78 is 3.73. The Morgan fingerprint density at radius 1 is 1.00 bits per heavy atom. The van der Waals surface area contributed by atoms with Gasteiger partial charge in [-0.2, -0.15) is 0 Å². The van der Waals surface area contributed by atoms with Gasteiger partial charge in [0.1, 0.15) is 6.33 Å². The molecule has 0 fully saturated rings. The number of hydrogen-bond acceptors (Lipinski definition) is 5. The summed E-state index contributed by atoms with van der Waals surface area (Å²) in [5.41, 5.74) is 8.91. The Balaban J connectivity index is 1.36. The first-order valence-electron chi connectivity index (χ1n) is 10.1. The van der Waals surface area contributed by atoms with Crippen molar-refractivity contribution in [2.24, 2.45) is 0 Å². The maximum absolute atomic E-state index is 12.7. The predicted molar refractivity (Wildman–Crippen MR) is 128 cm³/mol. The summed E-state index contributed by atoms with van der Waals surface area (Å²) in [6.45, 7) is 3.80. The van der Waals surface area contributed by atoms with Crippen LogP contribution in [0.1, 0.15) is 21.7 Å². The summed E-state index contributed by atoms with van der Waals surface area (Å²) in [5, 5.41) is 9.08. The monoisotopic (exact) mass is 480 g/mol. The van der Waals surface area contributed by atoms with Crippen LogP contribution in [-0.2, 0) is 4.79 Å². The van der Waals surface area contributed by atoms with E-state index in [1.165, 1.54) is 11.8 Å². The van der Waals surface area contributed by atoms with Gasteiger partial charge in [-0.1, -0.05) is 47.6 Å². The molecule has 0 unspecified atom stereocenters. The number of thioether (sulfide) groups is 1. The Hall–Kier alpha value is -3.56. The largest absolute Gasteiger partial charge is 0.318 e. The number of nitrogens with one attached hydrogen (secondary N) is 2. The lowest BCUT2D eigenvalue weighted by molar-refractivity contribution is -0.119. The SMILES string of the molecule is Cc1cc(C(=O)NNC(=O)CSc2nncn2-c2cccc(Cl)c2)c(C)n1-c1ccccc1. The Morgan fingerprint density at radius 2 is 1.76 bits per heavy atom. The van der Waals surface area contributed by atoms with Gasteiger partial charge in [-0.05, 0) is 50.2 Å². The van der Waals surface area contributed by atoms with Gasteiger partial charge in [0.05, 0.1) is 17.0 Å². The van der Waals surface area contributed by atoms with Crippen LogP contribution in [-0.4, -0.2) is 36.9 Å². The number of benzene rings is 2. The van der Waals surface area contributed by atoms with E-state index in [1.54, 1.807) is 29.1 Å². The molecule has 0 radical (unpaired) electrons. The van der Waals surface area contributed by atoms with E-state index in [-0.39, 0.29) is 17.6 Å². The van der Waals surface area contributed by atoms with Crippen LogP contribution >= 0.6 is 23.4 Å². The maximum atomic E-state index is 12.7. The van der Waals surface area contributed by atoms with Crippen LogP contribution in [0.5, 0.6) is 0 Å². The highest BCUT2D eigenvalue weighted by Gasteiger charge is 2.17. The molecule has 2 N–H and O–H groups in total. The highest BCUT2D eigenvalue weighted by molar-refractivity contribution is 7.99. The first-order valence-corrected chi connectivity index (χ1v) is 11.4. The number of aryl methyl sites for hydroxylation is 1. The molecule has 2 amide bonds. The molecule has 168 valence electrons. The minimum Gasteiger partial charge on any atom is -0.318 e. The summed E-state index contributed by atoms with van der Waals surface area (Å²) in [4.78, 5) is 25.0. The minimum absolute atomic E-state index is 0.0442.